The third-order valence-corrected chi connectivity index (χ3v) is 6.89. The number of pyridine rings is 1. The number of aromatic nitrogens is 3. The van der Waals surface area contributed by atoms with Crippen LogP contribution < -0.4 is 10.6 Å². The van der Waals surface area contributed by atoms with Crippen LogP contribution in [-0.2, 0) is 6.54 Å². The molecule has 1 aromatic carbocycles. The molecular weight excluding hydrogens is 420 g/mol. The predicted octanol–water partition coefficient (Wildman–Crippen LogP) is 3.30. The Morgan fingerprint density at radius 2 is 1.91 bits per heavy atom. The van der Waals surface area contributed by atoms with E-state index in [2.05, 4.69) is 43.7 Å². The molecule has 4 heterocycles. The Morgan fingerprint density at radius 3 is 2.66 bits per heavy atom. The van der Waals surface area contributed by atoms with Crippen LogP contribution >= 0.6 is 11.3 Å². The van der Waals surface area contributed by atoms with Crippen LogP contribution in [-0.4, -0.2) is 57.7 Å². The quantitative estimate of drug-likeness (QED) is 0.402. The minimum atomic E-state index is -0.231. The maximum absolute atomic E-state index is 9.92. The average molecular weight is 447 g/mol. The zero-order valence-corrected chi connectivity index (χ0v) is 18.6. The van der Waals surface area contributed by atoms with Crippen LogP contribution in [0.2, 0.25) is 0 Å². The van der Waals surface area contributed by atoms with Crippen molar-refractivity contribution in [2.45, 2.75) is 12.6 Å². The van der Waals surface area contributed by atoms with Crippen LogP contribution in [0.1, 0.15) is 17.3 Å². The number of rotatable bonds is 7. The van der Waals surface area contributed by atoms with E-state index in [4.69, 9.17) is 4.98 Å². The topological polar surface area (TPSA) is 86.2 Å². The SMILES string of the molecule is OC[C@@H](Nc1ncnc2cc(-c3ccc(CN4CCNCC4)nc3)sc12)c1ccccc1. The van der Waals surface area contributed by atoms with Gasteiger partial charge in [0, 0.05) is 49.4 Å². The second kappa shape index (κ2) is 9.70. The van der Waals surface area contributed by atoms with Crippen molar-refractivity contribution in [1.82, 2.24) is 25.2 Å². The number of aliphatic hydroxyl groups excluding tert-OH is 1. The Hall–Kier alpha value is -2.91. The number of nitrogens with one attached hydrogen (secondary N) is 2. The molecule has 3 aromatic heterocycles. The summed E-state index contributed by atoms with van der Waals surface area (Å²) < 4.78 is 0.974. The second-order valence-electron chi connectivity index (χ2n) is 7.90. The fourth-order valence-corrected chi connectivity index (χ4v) is 5.00. The number of thiophene rings is 1. The molecule has 0 saturated carbocycles. The van der Waals surface area contributed by atoms with E-state index >= 15 is 0 Å². The van der Waals surface area contributed by atoms with E-state index in [0.29, 0.717) is 0 Å². The molecule has 0 spiro atoms. The van der Waals surface area contributed by atoms with Gasteiger partial charge in [-0.25, -0.2) is 9.97 Å². The van der Waals surface area contributed by atoms with Crippen LogP contribution in [0.4, 0.5) is 5.82 Å². The summed E-state index contributed by atoms with van der Waals surface area (Å²) in [6.07, 6.45) is 3.51. The Labute approximate surface area is 191 Å². The highest BCUT2D eigenvalue weighted by atomic mass is 32.1. The van der Waals surface area contributed by atoms with Crippen LogP contribution in [0, 0.1) is 0 Å². The van der Waals surface area contributed by atoms with Crippen molar-refractivity contribution in [3.63, 3.8) is 0 Å². The Kier molecular flexibility index (Phi) is 6.36. The van der Waals surface area contributed by atoms with E-state index in [1.54, 1.807) is 17.7 Å². The van der Waals surface area contributed by atoms with Crippen LogP contribution in [0.25, 0.3) is 20.7 Å². The molecule has 4 aromatic rings. The molecule has 1 saturated heterocycles. The van der Waals surface area contributed by atoms with Crippen molar-refractivity contribution in [3.8, 4) is 10.4 Å². The van der Waals surface area contributed by atoms with Gasteiger partial charge in [-0.15, -0.1) is 11.3 Å². The number of fused-ring (bicyclic) bond motifs is 1. The fraction of sp³-hybridized carbons (Fsp3) is 0.292. The zero-order chi connectivity index (χ0) is 21.8. The van der Waals surface area contributed by atoms with Gasteiger partial charge in [0.25, 0.3) is 0 Å². The first-order valence-corrected chi connectivity index (χ1v) is 11.7. The number of anilines is 1. The molecule has 8 heteroatoms. The molecule has 0 amide bonds. The van der Waals surface area contributed by atoms with Crippen molar-refractivity contribution >= 4 is 27.4 Å². The summed E-state index contributed by atoms with van der Waals surface area (Å²) in [7, 11) is 0. The average Bonchev–Trinajstić information content (AvgIpc) is 3.29. The summed E-state index contributed by atoms with van der Waals surface area (Å²) in [5, 5.41) is 16.7. The molecule has 0 radical (unpaired) electrons. The maximum Gasteiger partial charge on any atom is 0.148 e. The molecule has 7 nitrogen and oxygen atoms in total. The summed E-state index contributed by atoms with van der Waals surface area (Å²) in [5.74, 6) is 0.734. The maximum atomic E-state index is 9.92. The molecule has 0 unspecified atom stereocenters. The molecule has 1 fully saturated rings. The minimum absolute atomic E-state index is 0.0216. The van der Waals surface area contributed by atoms with Gasteiger partial charge < -0.3 is 15.7 Å². The van der Waals surface area contributed by atoms with Crippen LogP contribution in [0.15, 0.2) is 61.1 Å². The van der Waals surface area contributed by atoms with Crippen LogP contribution in [0.5, 0.6) is 0 Å². The highest BCUT2D eigenvalue weighted by molar-refractivity contribution is 7.22. The zero-order valence-electron chi connectivity index (χ0n) is 17.7. The molecule has 0 bridgehead atoms. The number of aliphatic hydroxyl groups is 1. The van der Waals surface area contributed by atoms with E-state index in [1.165, 1.54) is 0 Å². The van der Waals surface area contributed by atoms with E-state index in [9.17, 15) is 5.11 Å². The Balaban J connectivity index is 1.37. The first kappa shape index (κ1) is 21.0. The summed E-state index contributed by atoms with van der Waals surface area (Å²) in [4.78, 5) is 17.1. The molecule has 1 aliphatic rings. The van der Waals surface area contributed by atoms with Crippen molar-refractivity contribution < 1.29 is 5.11 Å². The van der Waals surface area contributed by atoms with Crippen molar-refractivity contribution in [1.29, 1.82) is 0 Å². The van der Waals surface area contributed by atoms with E-state index in [-0.39, 0.29) is 12.6 Å². The molecule has 1 atom stereocenters. The lowest BCUT2D eigenvalue weighted by molar-refractivity contribution is 0.231. The number of nitrogens with zero attached hydrogens (tertiary/aromatic N) is 4. The van der Waals surface area contributed by atoms with Gasteiger partial charge in [0.15, 0.2) is 0 Å². The van der Waals surface area contributed by atoms with Gasteiger partial charge in [-0.1, -0.05) is 36.4 Å². The van der Waals surface area contributed by atoms with Crippen molar-refractivity contribution in [2.75, 3.05) is 38.1 Å². The third-order valence-electron chi connectivity index (χ3n) is 5.71. The standard InChI is InChI=1S/C24H26N6OS/c31-15-21(17-4-2-1-3-5-17)29-24-23-20(27-16-28-24)12-22(32-23)18-6-7-19(26-13-18)14-30-10-8-25-9-11-30/h1-7,12-13,16,21,25,31H,8-11,14-15H2,(H,27,28,29)/t21-/m1/s1. The lowest BCUT2D eigenvalue weighted by Gasteiger charge is -2.26. The first-order valence-electron chi connectivity index (χ1n) is 10.9. The molecule has 3 N–H and O–H groups in total. The number of hydrogen-bond acceptors (Lipinski definition) is 8. The summed E-state index contributed by atoms with van der Waals surface area (Å²) >= 11 is 1.64. The molecule has 32 heavy (non-hydrogen) atoms. The Morgan fingerprint density at radius 1 is 1.06 bits per heavy atom. The lowest BCUT2D eigenvalue weighted by atomic mass is 10.1. The van der Waals surface area contributed by atoms with E-state index in [0.717, 1.165) is 70.5 Å². The van der Waals surface area contributed by atoms with Gasteiger partial charge in [-0.05, 0) is 17.7 Å². The minimum Gasteiger partial charge on any atom is -0.394 e. The molecule has 164 valence electrons. The highest BCUT2D eigenvalue weighted by Gasteiger charge is 2.16. The van der Waals surface area contributed by atoms with Gasteiger partial charge in [-0.2, -0.15) is 0 Å². The van der Waals surface area contributed by atoms with Gasteiger partial charge in [0.1, 0.15) is 12.1 Å². The first-order chi connectivity index (χ1) is 15.8. The summed E-state index contributed by atoms with van der Waals surface area (Å²) in [6.45, 7) is 5.07. The lowest BCUT2D eigenvalue weighted by Crippen LogP contribution is -2.43. The molecule has 5 rings (SSSR count). The predicted molar refractivity (Wildman–Crippen MR) is 129 cm³/mol. The van der Waals surface area contributed by atoms with Gasteiger partial charge >= 0.3 is 0 Å². The number of hydrogen-bond donors (Lipinski definition) is 3. The van der Waals surface area contributed by atoms with Crippen molar-refractivity contribution in [2.24, 2.45) is 0 Å². The highest BCUT2D eigenvalue weighted by Crippen LogP contribution is 2.36. The van der Waals surface area contributed by atoms with Crippen LogP contribution in [0.3, 0.4) is 0 Å². The van der Waals surface area contributed by atoms with Crippen molar-refractivity contribution in [3.05, 3.63) is 72.3 Å². The van der Waals surface area contributed by atoms with Gasteiger partial charge in [0.05, 0.1) is 28.6 Å². The second-order valence-corrected chi connectivity index (χ2v) is 8.95. The smallest absolute Gasteiger partial charge is 0.148 e. The summed E-state index contributed by atoms with van der Waals surface area (Å²) in [6, 6.07) is 16.0. The van der Waals surface area contributed by atoms with E-state index in [1.807, 2.05) is 36.5 Å². The fourth-order valence-electron chi connectivity index (χ4n) is 3.95. The van der Waals surface area contributed by atoms with Gasteiger partial charge in [0.2, 0.25) is 0 Å². The third kappa shape index (κ3) is 4.63. The van der Waals surface area contributed by atoms with E-state index < -0.39 is 0 Å². The number of piperazine rings is 1. The van der Waals surface area contributed by atoms with Gasteiger partial charge in [-0.3, -0.25) is 9.88 Å². The molecule has 0 aliphatic carbocycles. The molecular formula is C24H26N6OS. The number of benzene rings is 1. The Bertz CT molecular complexity index is 1160. The normalized spacial score (nSPS) is 15.7. The largest absolute Gasteiger partial charge is 0.394 e. The monoisotopic (exact) mass is 446 g/mol. The molecule has 1 aliphatic heterocycles. The summed E-state index contributed by atoms with van der Waals surface area (Å²) in [5.41, 5.74) is 4.07.